The minimum atomic E-state index is -3.68. The molecule has 0 atom stereocenters. The lowest BCUT2D eigenvalue weighted by atomic mass is 10.1. The predicted molar refractivity (Wildman–Crippen MR) is 107 cm³/mol. The first-order chi connectivity index (χ1) is 13.4. The zero-order valence-corrected chi connectivity index (χ0v) is 16.8. The fraction of sp³-hybridized carbons (Fsp3) is 0.263. The van der Waals surface area contributed by atoms with Gasteiger partial charge in [0.15, 0.2) is 0 Å². The van der Waals surface area contributed by atoms with Gasteiger partial charge in [0.2, 0.25) is 5.91 Å². The number of carbonyl (C=O) groups excluding carboxylic acids is 2. The van der Waals surface area contributed by atoms with Gasteiger partial charge in [0.25, 0.3) is 10.0 Å². The highest BCUT2D eigenvalue weighted by Crippen LogP contribution is 2.42. The van der Waals surface area contributed by atoms with Crippen LogP contribution >= 0.6 is 11.8 Å². The van der Waals surface area contributed by atoms with E-state index in [0.29, 0.717) is 16.1 Å². The van der Waals surface area contributed by atoms with Crippen molar-refractivity contribution in [1.29, 1.82) is 0 Å². The molecular weight excluding hydrogens is 400 g/mol. The average Bonchev–Trinajstić information content (AvgIpc) is 3.11. The van der Waals surface area contributed by atoms with E-state index in [0.717, 1.165) is 5.39 Å². The lowest BCUT2D eigenvalue weighted by Gasteiger charge is -2.23. The standard InChI is InChI=1S/C19H18N2O5S2/c1-2-26-18(23)11-17-20(16(22)12-27-17)9-10-21-14-7-3-5-13-6-4-8-15(19(13)14)28(21,24)25/h3-8,11H,2,9-10,12H2,1H3. The van der Waals surface area contributed by atoms with E-state index in [-0.39, 0.29) is 36.3 Å². The summed E-state index contributed by atoms with van der Waals surface area (Å²) in [5, 5.41) is 2.04. The zero-order valence-electron chi connectivity index (χ0n) is 15.1. The summed E-state index contributed by atoms with van der Waals surface area (Å²) >= 11 is 1.25. The van der Waals surface area contributed by atoms with Crippen LogP contribution in [0.2, 0.25) is 0 Å². The number of anilines is 1. The maximum absolute atomic E-state index is 13.0. The Hall–Kier alpha value is -2.52. The summed E-state index contributed by atoms with van der Waals surface area (Å²) < 4.78 is 32.3. The average molecular weight is 418 g/mol. The molecule has 28 heavy (non-hydrogen) atoms. The molecule has 2 heterocycles. The summed E-state index contributed by atoms with van der Waals surface area (Å²) in [6.07, 6.45) is 1.28. The van der Waals surface area contributed by atoms with Gasteiger partial charge in [-0.25, -0.2) is 13.2 Å². The third-order valence-corrected chi connectivity index (χ3v) is 7.53. The predicted octanol–water partition coefficient (Wildman–Crippen LogP) is 2.33. The Morgan fingerprint density at radius 3 is 2.71 bits per heavy atom. The molecule has 1 saturated heterocycles. The highest BCUT2D eigenvalue weighted by atomic mass is 32.2. The first kappa shape index (κ1) is 18.8. The van der Waals surface area contributed by atoms with Crippen LogP contribution in [-0.4, -0.2) is 50.6 Å². The highest BCUT2D eigenvalue weighted by molar-refractivity contribution is 8.04. The number of esters is 1. The van der Waals surface area contributed by atoms with E-state index < -0.39 is 16.0 Å². The lowest BCUT2D eigenvalue weighted by molar-refractivity contribution is -0.137. The van der Waals surface area contributed by atoms with Gasteiger partial charge in [-0.1, -0.05) is 36.0 Å². The number of benzene rings is 2. The van der Waals surface area contributed by atoms with Crippen LogP contribution in [0, 0.1) is 0 Å². The minimum Gasteiger partial charge on any atom is -0.463 e. The summed E-state index contributed by atoms with van der Waals surface area (Å²) in [4.78, 5) is 25.7. The van der Waals surface area contributed by atoms with Crippen molar-refractivity contribution in [3.63, 3.8) is 0 Å². The van der Waals surface area contributed by atoms with Crippen molar-refractivity contribution in [2.24, 2.45) is 0 Å². The van der Waals surface area contributed by atoms with E-state index >= 15 is 0 Å². The summed E-state index contributed by atoms with van der Waals surface area (Å²) in [5.41, 5.74) is 0.614. The molecule has 0 radical (unpaired) electrons. The Labute approximate surface area is 167 Å². The van der Waals surface area contributed by atoms with Crippen molar-refractivity contribution in [1.82, 2.24) is 4.90 Å². The molecule has 2 aromatic carbocycles. The number of rotatable bonds is 5. The second-order valence-electron chi connectivity index (χ2n) is 6.28. The maximum Gasteiger partial charge on any atom is 0.333 e. The van der Waals surface area contributed by atoms with Crippen LogP contribution in [0.1, 0.15) is 6.92 Å². The molecule has 0 spiro atoms. The van der Waals surface area contributed by atoms with Gasteiger partial charge in [-0.15, -0.1) is 0 Å². The molecule has 9 heteroatoms. The van der Waals surface area contributed by atoms with Crippen molar-refractivity contribution in [3.05, 3.63) is 47.5 Å². The number of amides is 1. The summed E-state index contributed by atoms with van der Waals surface area (Å²) in [5.74, 6) is -0.461. The van der Waals surface area contributed by atoms with E-state index in [9.17, 15) is 18.0 Å². The Balaban J connectivity index is 1.61. The molecule has 0 unspecified atom stereocenters. The summed E-state index contributed by atoms with van der Waals surface area (Å²) in [6.45, 7) is 2.20. The molecule has 0 aliphatic carbocycles. The van der Waals surface area contributed by atoms with E-state index in [1.54, 1.807) is 25.1 Å². The highest BCUT2D eigenvalue weighted by Gasteiger charge is 2.36. The number of ether oxygens (including phenoxy) is 1. The third kappa shape index (κ3) is 3.04. The first-order valence-corrected chi connectivity index (χ1v) is 11.2. The van der Waals surface area contributed by atoms with Gasteiger partial charge in [-0.3, -0.25) is 9.10 Å². The van der Waals surface area contributed by atoms with E-state index in [2.05, 4.69) is 0 Å². The molecule has 4 rings (SSSR count). The van der Waals surface area contributed by atoms with Gasteiger partial charge in [-0.05, 0) is 24.4 Å². The van der Waals surface area contributed by atoms with Crippen LogP contribution in [0.15, 0.2) is 52.4 Å². The van der Waals surface area contributed by atoms with Crippen LogP contribution in [0.4, 0.5) is 5.69 Å². The SMILES string of the molecule is CCOC(=O)C=C1SCC(=O)N1CCN1c2cccc3cccc(c23)S1(=O)=O. The largest absolute Gasteiger partial charge is 0.463 e. The van der Waals surface area contributed by atoms with Crippen molar-refractivity contribution < 1.29 is 22.7 Å². The molecule has 0 aromatic heterocycles. The molecule has 0 saturated carbocycles. The Morgan fingerprint density at radius 2 is 1.96 bits per heavy atom. The Bertz CT molecular complexity index is 1110. The van der Waals surface area contributed by atoms with Gasteiger partial charge in [0, 0.05) is 11.9 Å². The zero-order chi connectivity index (χ0) is 19.9. The second-order valence-corrected chi connectivity index (χ2v) is 9.10. The third-order valence-electron chi connectivity index (χ3n) is 4.65. The molecule has 0 bridgehead atoms. The topological polar surface area (TPSA) is 84.0 Å². The molecule has 7 nitrogen and oxygen atoms in total. The second kappa shape index (κ2) is 7.14. The van der Waals surface area contributed by atoms with Crippen molar-refractivity contribution >= 4 is 50.1 Å². The molecule has 2 aliphatic rings. The van der Waals surface area contributed by atoms with Gasteiger partial charge < -0.3 is 9.64 Å². The minimum absolute atomic E-state index is 0.0998. The van der Waals surface area contributed by atoms with E-state index in [4.69, 9.17) is 4.74 Å². The van der Waals surface area contributed by atoms with Gasteiger partial charge in [0.1, 0.15) is 0 Å². The van der Waals surface area contributed by atoms with Gasteiger partial charge >= 0.3 is 5.97 Å². The quantitative estimate of drug-likeness (QED) is 0.547. The molecule has 0 N–H and O–H groups in total. The van der Waals surface area contributed by atoms with Crippen molar-refractivity contribution in [2.75, 3.05) is 29.8 Å². The van der Waals surface area contributed by atoms with E-state index in [1.807, 2.05) is 18.2 Å². The van der Waals surface area contributed by atoms with Crippen LogP contribution < -0.4 is 4.31 Å². The fourth-order valence-electron chi connectivity index (χ4n) is 3.44. The lowest BCUT2D eigenvalue weighted by Crippen LogP contribution is -2.37. The monoisotopic (exact) mass is 418 g/mol. The number of sulfonamides is 1. The molecular formula is C19H18N2O5S2. The van der Waals surface area contributed by atoms with E-state index in [1.165, 1.54) is 27.0 Å². The molecule has 1 amide bonds. The van der Waals surface area contributed by atoms with Crippen LogP contribution in [-0.2, 0) is 24.3 Å². The molecule has 2 aromatic rings. The Kier molecular flexibility index (Phi) is 4.80. The fourth-order valence-corrected chi connectivity index (χ4v) is 6.10. The van der Waals surface area contributed by atoms with Crippen LogP contribution in [0.25, 0.3) is 10.8 Å². The number of hydrogen-bond donors (Lipinski definition) is 0. The maximum atomic E-state index is 13.0. The normalized spacial score (nSPS) is 19.0. The number of thioether (sulfide) groups is 1. The molecule has 1 fully saturated rings. The molecule has 146 valence electrons. The number of carbonyl (C=O) groups is 2. The first-order valence-electron chi connectivity index (χ1n) is 8.79. The van der Waals surface area contributed by atoms with Gasteiger partial charge in [-0.2, -0.15) is 0 Å². The van der Waals surface area contributed by atoms with Crippen molar-refractivity contribution in [3.8, 4) is 0 Å². The number of hydrogen-bond acceptors (Lipinski definition) is 6. The summed E-state index contributed by atoms with van der Waals surface area (Å²) in [6, 6.07) is 10.7. The molecule has 2 aliphatic heterocycles. The Morgan fingerprint density at radius 1 is 1.21 bits per heavy atom. The smallest absolute Gasteiger partial charge is 0.333 e. The van der Waals surface area contributed by atoms with Crippen LogP contribution in [0.3, 0.4) is 0 Å². The van der Waals surface area contributed by atoms with Crippen LogP contribution in [0.5, 0.6) is 0 Å². The van der Waals surface area contributed by atoms with Crippen molar-refractivity contribution in [2.45, 2.75) is 11.8 Å². The van der Waals surface area contributed by atoms with Gasteiger partial charge in [0.05, 0.1) is 40.6 Å². The number of nitrogens with zero attached hydrogens (tertiary/aromatic N) is 2. The summed E-state index contributed by atoms with van der Waals surface area (Å²) in [7, 11) is -3.68.